The Bertz CT molecular complexity index is 1170. The van der Waals surface area contributed by atoms with Crippen LogP contribution in [0.1, 0.15) is 40.7 Å². The number of halogens is 1. The predicted octanol–water partition coefficient (Wildman–Crippen LogP) is 5.37. The van der Waals surface area contributed by atoms with Crippen molar-refractivity contribution in [3.63, 3.8) is 0 Å². The first-order valence-electron chi connectivity index (χ1n) is 10.3. The average molecular weight is 419 g/mol. The molecule has 5 rings (SSSR count). The number of hydrogen-bond donors (Lipinski definition) is 2. The van der Waals surface area contributed by atoms with Gasteiger partial charge in [0.25, 0.3) is 0 Å². The zero-order chi connectivity index (χ0) is 20.8. The minimum atomic E-state index is -0.429. The van der Waals surface area contributed by atoms with E-state index in [1.807, 2.05) is 6.07 Å². The Kier molecular flexibility index (Phi) is 4.67. The minimum Gasteiger partial charge on any atom is -0.506 e. The molecule has 30 heavy (non-hydrogen) atoms. The average Bonchev–Trinajstić information content (AvgIpc) is 3.13. The summed E-state index contributed by atoms with van der Waals surface area (Å²) in [5, 5.41) is 10.0. The second kappa shape index (κ2) is 7.37. The summed E-state index contributed by atoms with van der Waals surface area (Å²) in [7, 11) is 0. The van der Waals surface area contributed by atoms with Crippen LogP contribution in [0.5, 0.6) is 5.75 Å². The van der Waals surface area contributed by atoms with Crippen molar-refractivity contribution in [1.82, 2.24) is 0 Å². The van der Waals surface area contributed by atoms with E-state index in [9.17, 15) is 9.90 Å². The van der Waals surface area contributed by atoms with Crippen LogP contribution in [0.25, 0.3) is 22.3 Å². The number of primary amides is 1. The summed E-state index contributed by atoms with van der Waals surface area (Å²) in [6.45, 7) is 2.20. The summed E-state index contributed by atoms with van der Waals surface area (Å²) < 4.78 is 0. The third kappa shape index (κ3) is 3.21. The molecule has 0 aromatic heterocycles. The molecule has 1 saturated heterocycles. The first kappa shape index (κ1) is 19.0. The molecule has 1 fully saturated rings. The van der Waals surface area contributed by atoms with Crippen LogP contribution in [0.3, 0.4) is 0 Å². The maximum atomic E-state index is 12.3. The highest BCUT2D eigenvalue weighted by molar-refractivity contribution is 6.32. The largest absolute Gasteiger partial charge is 0.506 e. The minimum absolute atomic E-state index is 0.0345. The summed E-state index contributed by atoms with van der Waals surface area (Å²) in [6, 6.07) is 15.6. The fraction of sp³-hybridized carbons (Fsp3) is 0.240. The van der Waals surface area contributed by atoms with Crippen LogP contribution >= 0.6 is 11.6 Å². The van der Waals surface area contributed by atoms with Crippen molar-refractivity contribution in [2.24, 2.45) is 5.73 Å². The predicted molar refractivity (Wildman–Crippen MR) is 121 cm³/mol. The zero-order valence-electron chi connectivity index (χ0n) is 16.6. The molecule has 0 atom stereocenters. The van der Waals surface area contributed by atoms with Gasteiger partial charge in [-0.15, -0.1) is 0 Å². The van der Waals surface area contributed by atoms with Crippen molar-refractivity contribution >= 4 is 23.2 Å². The first-order valence-corrected chi connectivity index (χ1v) is 10.7. The van der Waals surface area contributed by atoms with Gasteiger partial charge in [-0.05, 0) is 95.5 Å². The van der Waals surface area contributed by atoms with Crippen LogP contribution in [0, 0.1) is 0 Å². The van der Waals surface area contributed by atoms with Crippen LogP contribution in [0.4, 0.5) is 5.69 Å². The highest BCUT2D eigenvalue weighted by Crippen LogP contribution is 2.43. The van der Waals surface area contributed by atoms with Crippen LogP contribution < -0.4 is 10.6 Å². The molecule has 0 spiro atoms. The van der Waals surface area contributed by atoms with Gasteiger partial charge in [-0.25, -0.2) is 0 Å². The highest BCUT2D eigenvalue weighted by atomic mass is 35.5. The molecule has 0 saturated carbocycles. The molecule has 2 aliphatic rings. The fourth-order valence-corrected chi connectivity index (χ4v) is 4.88. The molecule has 0 radical (unpaired) electrons. The van der Waals surface area contributed by atoms with Gasteiger partial charge in [0, 0.05) is 24.3 Å². The molecule has 3 aromatic carbocycles. The Balaban J connectivity index is 1.60. The van der Waals surface area contributed by atoms with Crippen LogP contribution in [0.15, 0.2) is 48.5 Å². The van der Waals surface area contributed by atoms with Gasteiger partial charge >= 0.3 is 0 Å². The molecule has 152 valence electrons. The number of carbonyl (C=O) groups excluding carboxylic acids is 1. The van der Waals surface area contributed by atoms with Gasteiger partial charge in [0.2, 0.25) is 5.91 Å². The topological polar surface area (TPSA) is 66.6 Å². The van der Waals surface area contributed by atoms with Gasteiger partial charge in [-0.3, -0.25) is 4.79 Å². The second-order valence-electron chi connectivity index (χ2n) is 8.15. The molecule has 1 amide bonds. The van der Waals surface area contributed by atoms with Crippen molar-refractivity contribution in [2.75, 3.05) is 18.0 Å². The fourth-order valence-electron chi connectivity index (χ4n) is 4.70. The van der Waals surface area contributed by atoms with Crippen molar-refractivity contribution in [3.05, 3.63) is 70.2 Å². The van der Waals surface area contributed by atoms with E-state index in [0.717, 1.165) is 40.9 Å². The summed E-state index contributed by atoms with van der Waals surface area (Å²) >= 11 is 6.11. The van der Waals surface area contributed by atoms with Gasteiger partial charge in [0.15, 0.2) is 0 Å². The van der Waals surface area contributed by atoms with E-state index in [-0.39, 0.29) is 10.8 Å². The number of piperidine rings is 1. The third-order valence-corrected chi connectivity index (χ3v) is 6.57. The van der Waals surface area contributed by atoms with Gasteiger partial charge < -0.3 is 15.7 Å². The molecule has 3 aromatic rings. The standard InChI is InChI=1S/C25H23ClN2O2/c26-23-14-15(4-7-24(23)29)16-11-20-19-6-5-18(28-8-2-1-3-9-28)10-17(19)13-21(20)22(12-16)25(27)30/h4-7,10-12,14,29H,1-3,8-9,13H2,(H2,27,30). The lowest BCUT2D eigenvalue weighted by Crippen LogP contribution is -2.29. The van der Waals surface area contributed by atoms with Gasteiger partial charge in [-0.2, -0.15) is 0 Å². The summed E-state index contributed by atoms with van der Waals surface area (Å²) in [5.74, 6) is -0.394. The lowest BCUT2D eigenvalue weighted by molar-refractivity contribution is 0.0999. The Labute approximate surface area is 180 Å². The molecule has 3 N–H and O–H groups in total. The van der Waals surface area contributed by atoms with E-state index in [1.54, 1.807) is 18.2 Å². The van der Waals surface area contributed by atoms with Crippen molar-refractivity contribution in [2.45, 2.75) is 25.7 Å². The number of aromatic hydroxyl groups is 1. The van der Waals surface area contributed by atoms with E-state index < -0.39 is 5.91 Å². The Hall–Kier alpha value is -2.98. The molecule has 1 aliphatic carbocycles. The summed E-state index contributed by atoms with van der Waals surface area (Å²) in [5.41, 5.74) is 13.7. The Morgan fingerprint density at radius 1 is 0.933 bits per heavy atom. The van der Waals surface area contributed by atoms with Gasteiger partial charge in [-0.1, -0.05) is 23.7 Å². The number of hydrogen-bond acceptors (Lipinski definition) is 3. The van der Waals surface area contributed by atoms with Gasteiger partial charge in [0.1, 0.15) is 5.75 Å². The molecular formula is C25H23ClN2O2. The number of benzene rings is 3. The van der Waals surface area contributed by atoms with E-state index in [2.05, 4.69) is 29.2 Å². The Morgan fingerprint density at radius 3 is 2.47 bits per heavy atom. The first-order chi connectivity index (χ1) is 14.5. The number of amides is 1. The van der Waals surface area contributed by atoms with E-state index in [0.29, 0.717) is 12.0 Å². The number of phenols is 1. The maximum absolute atomic E-state index is 12.3. The monoisotopic (exact) mass is 418 g/mol. The third-order valence-electron chi connectivity index (χ3n) is 6.26. The normalized spacial score (nSPS) is 15.0. The van der Waals surface area contributed by atoms with E-state index in [4.69, 9.17) is 17.3 Å². The van der Waals surface area contributed by atoms with Gasteiger partial charge in [0.05, 0.1) is 5.02 Å². The number of nitrogens with zero attached hydrogens (tertiary/aromatic N) is 1. The molecule has 5 heteroatoms. The molecule has 0 unspecified atom stereocenters. The quantitative estimate of drug-likeness (QED) is 0.469. The van der Waals surface area contributed by atoms with E-state index >= 15 is 0 Å². The SMILES string of the molecule is NC(=O)c1cc(-c2ccc(O)c(Cl)c2)cc2c1Cc1cc(N3CCCCC3)ccc1-2. The zero-order valence-corrected chi connectivity index (χ0v) is 17.4. The maximum Gasteiger partial charge on any atom is 0.249 e. The highest BCUT2D eigenvalue weighted by Gasteiger charge is 2.25. The van der Waals surface area contributed by atoms with Crippen molar-refractivity contribution < 1.29 is 9.90 Å². The number of carbonyl (C=O) groups is 1. The van der Waals surface area contributed by atoms with Crippen LogP contribution in [0.2, 0.25) is 5.02 Å². The smallest absolute Gasteiger partial charge is 0.249 e. The number of anilines is 1. The van der Waals surface area contributed by atoms with Crippen molar-refractivity contribution in [3.8, 4) is 28.0 Å². The van der Waals surface area contributed by atoms with E-state index in [1.165, 1.54) is 30.5 Å². The summed E-state index contributed by atoms with van der Waals surface area (Å²) in [4.78, 5) is 14.7. The number of rotatable bonds is 3. The van der Waals surface area contributed by atoms with Crippen LogP contribution in [-0.2, 0) is 6.42 Å². The molecule has 0 bridgehead atoms. The molecule has 1 heterocycles. The number of phenolic OH excluding ortho intramolecular Hbond substituents is 1. The second-order valence-corrected chi connectivity index (χ2v) is 8.55. The lowest BCUT2D eigenvalue weighted by atomic mass is 9.94. The molecular weight excluding hydrogens is 396 g/mol. The molecule has 1 aliphatic heterocycles. The Morgan fingerprint density at radius 2 is 1.73 bits per heavy atom. The molecule has 4 nitrogen and oxygen atoms in total. The summed E-state index contributed by atoms with van der Waals surface area (Å²) in [6.07, 6.45) is 4.49. The lowest BCUT2D eigenvalue weighted by Gasteiger charge is -2.29. The number of fused-ring (bicyclic) bond motifs is 3. The number of nitrogens with two attached hydrogens (primary N) is 1. The van der Waals surface area contributed by atoms with Crippen molar-refractivity contribution in [1.29, 1.82) is 0 Å². The van der Waals surface area contributed by atoms with Crippen LogP contribution in [-0.4, -0.2) is 24.1 Å².